The van der Waals surface area contributed by atoms with E-state index in [1.54, 1.807) is 0 Å². The monoisotopic (exact) mass is 944 g/mol. The van der Waals surface area contributed by atoms with E-state index >= 15 is 0 Å². The molecule has 0 aromatic heterocycles. The van der Waals surface area contributed by atoms with Crippen LogP contribution in [0.1, 0.15) is 129 Å². The minimum atomic E-state index is -4.80. The second-order valence-corrected chi connectivity index (χ2v) is 17.8. The van der Waals surface area contributed by atoms with Crippen LogP contribution in [0.5, 0.6) is 0 Å². The van der Waals surface area contributed by atoms with Crippen LogP contribution in [0, 0.1) is 0 Å². The van der Waals surface area contributed by atoms with Gasteiger partial charge in [-0.25, -0.2) is 9.13 Å². The third-order valence-corrected chi connectivity index (χ3v) is 10.6. The molecule has 0 amide bonds. The molecule has 0 fully saturated rings. The molecule has 0 aromatic rings. The summed E-state index contributed by atoms with van der Waals surface area (Å²) in [7, 11) is -9.60. The number of hydrogen-bond acceptors (Lipinski definition) is 13. The summed E-state index contributed by atoms with van der Waals surface area (Å²) in [6, 6.07) is 0. The molecule has 17 heteroatoms. The van der Waals surface area contributed by atoms with E-state index in [4.69, 9.17) is 9.47 Å². The summed E-state index contributed by atoms with van der Waals surface area (Å²) in [5.74, 6) is -1.06. The zero-order chi connectivity index (χ0) is 47.4. The van der Waals surface area contributed by atoms with Crippen molar-refractivity contribution in [1.29, 1.82) is 0 Å². The Labute approximate surface area is 382 Å². The fourth-order valence-corrected chi connectivity index (χ4v) is 6.76. The number of aliphatic hydroxyl groups excluding tert-OH is 3. The molecular formula is C47H78O15P2. The average Bonchev–Trinajstić information content (AvgIpc) is 3.27. The summed E-state index contributed by atoms with van der Waals surface area (Å²) in [5, 5.41) is 30.0. The van der Waals surface area contributed by atoms with Crippen LogP contribution in [0.25, 0.3) is 0 Å². The smallest absolute Gasteiger partial charge is 0.463 e. The Kier molecular flexibility index (Phi) is 40.6. The molecule has 0 heterocycles. The van der Waals surface area contributed by atoms with E-state index in [2.05, 4.69) is 62.3 Å². The lowest BCUT2D eigenvalue weighted by Crippen LogP contribution is -2.25. The van der Waals surface area contributed by atoms with Gasteiger partial charge in [-0.15, -0.1) is 0 Å². The van der Waals surface area contributed by atoms with Gasteiger partial charge in [0.1, 0.15) is 31.5 Å². The Balaban J connectivity index is 4.00. The lowest BCUT2D eigenvalue weighted by atomic mass is 10.1. The van der Waals surface area contributed by atoms with Crippen molar-refractivity contribution in [2.24, 2.45) is 0 Å². The van der Waals surface area contributed by atoms with E-state index < -0.39 is 85.5 Å². The zero-order valence-electron chi connectivity index (χ0n) is 38.2. The highest BCUT2D eigenvalue weighted by atomic mass is 31.2. The number of allylic oxidation sites excluding steroid dienone is 16. The molecule has 0 aliphatic carbocycles. The van der Waals surface area contributed by atoms with E-state index in [0.717, 1.165) is 70.6 Å². The first-order valence-corrected chi connectivity index (χ1v) is 25.7. The van der Waals surface area contributed by atoms with Crippen molar-refractivity contribution in [3.63, 3.8) is 0 Å². The molecule has 5 N–H and O–H groups in total. The van der Waals surface area contributed by atoms with E-state index in [1.165, 1.54) is 19.3 Å². The molecule has 0 spiro atoms. The van der Waals surface area contributed by atoms with Gasteiger partial charge in [0.05, 0.1) is 26.4 Å². The molecule has 0 saturated heterocycles. The molecule has 15 nitrogen and oxygen atoms in total. The van der Waals surface area contributed by atoms with Gasteiger partial charge >= 0.3 is 27.6 Å². The number of carbonyl (C=O) groups is 2. The van der Waals surface area contributed by atoms with Crippen LogP contribution >= 0.6 is 15.6 Å². The zero-order valence-corrected chi connectivity index (χ0v) is 39.9. The fraction of sp³-hybridized carbons (Fsp3) is 0.617. The topological polar surface area (TPSA) is 225 Å². The molecule has 0 aromatic carbocycles. The summed E-state index contributed by atoms with van der Waals surface area (Å²) in [4.78, 5) is 43.7. The molecule has 0 aliphatic rings. The van der Waals surface area contributed by atoms with Gasteiger partial charge in [0, 0.05) is 12.8 Å². The molecular weight excluding hydrogens is 866 g/mol. The van der Waals surface area contributed by atoms with E-state index in [9.17, 15) is 43.8 Å². The van der Waals surface area contributed by atoms with Gasteiger partial charge < -0.3 is 34.6 Å². The molecule has 0 rings (SSSR count). The van der Waals surface area contributed by atoms with Crippen LogP contribution in [0.3, 0.4) is 0 Å². The van der Waals surface area contributed by atoms with Crippen LogP contribution in [-0.4, -0.2) is 95.0 Å². The fourth-order valence-electron chi connectivity index (χ4n) is 5.17. The van der Waals surface area contributed by atoms with Gasteiger partial charge in [0.15, 0.2) is 0 Å². The highest BCUT2D eigenvalue weighted by molar-refractivity contribution is 7.47. The average molecular weight is 945 g/mol. The summed E-state index contributed by atoms with van der Waals surface area (Å²) in [5.41, 5.74) is 0. The second kappa shape index (κ2) is 42.6. The number of ether oxygens (including phenoxy) is 2. The van der Waals surface area contributed by atoms with Crippen LogP contribution in [0.2, 0.25) is 0 Å². The Morgan fingerprint density at radius 1 is 0.422 bits per heavy atom. The number of esters is 2. The van der Waals surface area contributed by atoms with Crippen molar-refractivity contribution in [3.8, 4) is 0 Å². The van der Waals surface area contributed by atoms with E-state index in [0.29, 0.717) is 12.8 Å². The predicted octanol–water partition coefficient (Wildman–Crippen LogP) is 9.93. The van der Waals surface area contributed by atoms with Crippen molar-refractivity contribution in [1.82, 2.24) is 0 Å². The Morgan fingerprint density at radius 3 is 1.11 bits per heavy atom. The van der Waals surface area contributed by atoms with Gasteiger partial charge in [0.25, 0.3) is 0 Å². The number of phosphoric acid groups is 2. The van der Waals surface area contributed by atoms with Crippen molar-refractivity contribution >= 4 is 27.6 Å². The number of unbranched alkanes of at least 4 members (excludes halogenated alkanes) is 12. The number of hydrogen-bond donors (Lipinski definition) is 5. The van der Waals surface area contributed by atoms with Crippen molar-refractivity contribution in [3.05, 3.63) is 97.2 Å². The summed E-state index contributed by atoms with van der Waals surface area (Å²) in [6.07, 6.45) is 43.9. The van der Waals surface area contributed by atoms with Gasteiger partial charge in [-0.2, -0.15) is 0 Å². The maximum absolute atomic E-state index is 12.1. The van der Waals surface area contributed by atoms with E-state index in [1.807, 2.05) is 66.8 Å². The van der Waals surface area contributed by atoms with Gasteiger partial charge in [-0.1, -0.05) is 156 Å². The Bertz CT molecular complexity index is 1520. The third-order valence-electron chi connectivity index (χ3n) is 8.71. The first-order valence-electron chi connectivity index (χ1n) is 22.7. The second-order valence-electron chi connectivity index (χ2n) is 14.9. The predicted molar refractivity (Wildman–Crippen MR) is 251 cm³/mol. The maximum atomic E-state index is 12.1. The van der Waals surface area contributed by atoms with Crippen molar-refractivity contribution < 1.29 is 71.4 Å². The molecule has 0 saturated carbocycles. The minimum absolute atomic E-state index is 0.139. The van der Waals surface area contributed by atoms with Crippen LogP contribution in [-0.2, 0) is 46.3 Å². The first kappa shape index (κ1) is 61.0. The molecule has 0 aliphatic heterocycles. The van der Waals surface area contributed by atoms with Crippen molar-refractivity contribution in [2.45, 2.75) is 148 Å². The molecule has 64 heavy (non-hydrogen) atoms. The molecule has 0 bridgehead atoms. The number of aliphatic hydroxyl groups is 3. The maximum Gasteiger partial charge on any atom is 0.472 e. The van der Waals surface area contributed by atoms with Gasteiger partial charge in [-0.3, -0.25) is 27.7 Å². The summed E-state index contributed by atoms with van der Waals surface area (Å²) < 4.78 is 52.9. The lowest BCUT2D eigenvalue weighted by Gasteiger charge is -2.19. The van der Waals surface area contributed by atoms with Crippen LogP contribution < -0.4 is 0 Å². The molecule has 366 valence electrons. The van der Waals surface area contributed by atoms with Gasteiger partial charge in [0.2, 0.25) is 0 Å². The Hall–Kier alpha value is -3.04. The minimum Gasteiger partial charge on any atom is -0.463 e. The van der Waals surface area contributed by atoms with E-state index in [-0.39, 0.29) is 12.8 Å². The third kappa shape index (κ3) is 44.2. The number of carbonyl (C=O) groups excluding carboxylic acids is 2. The first-order chi connectivity index (χ1) is 30.8. The largest absolute Gasteiger partial charge is 0.472 e. The molecule has 5 atom stereocenters. The van der Waals surface area contributed by atoms with Crippen molar-refractivity contribution in [2.75, 3.05) is 39.6 Å². The highest BCUT2D eigenvalue weighted by Gasteiger charge is 2.28. The Morgan fingerprint density at radius 2 is 0.719 bits per heavy atom. The molecule has 0 radical (unpaired) electrons. The normalized spacial score (nSPS) is 16.0. The number of phosphoric ester groups is 2. The summed E-state index contributed by atoms with van der Waals surface area (Å²) >= 11 is 0. The van der Waals surface area contributed by atoms with Gasteiger partial charge in [-0.05, 0) is 57.8 Å². The lowest BCUT2D eigenvalue weighted by molar-refractivity contribution is -0.148. The molecule has 5 unspecified atom stereocenters. The summed E-state index contributed by atoms with van der Waals surface area (Å²) in [6.45, 7) is 0.136. The highest BCUT2D eigenvalue weighted by Crippen LogP contribution is 2.45. The van der Waals surface area contributed by atoms with Crippen LogP contribution in [0.4, 0.5) is 0 Å². The number of rotatable bonds is 42. The van der Waals surface area contributed by atoms with Crippen LogP contribution in [0.15, 0.2) is 97.2 Å². The SMILES string of the molecule is CC\C=C/C=C/C=C/C=C\C=C\C=C\CCCCCC(=O)OCC(O)COP(=O)(O)OCC(O)COP(=O)(O)OCC(O)COC(=O)CCCCCCCC/C=C/C=C/CCCCC. The standard InChI is InChI=1S/C47H78O15P2/c1-3-5-7-9-11-13-15-17-19-20-22-24-26-28-30-32-34-36-47(52)58-38-44(49)40-60-64(55,56)62-42-45(50)41-61-63(53,54)59-39-43(48)37-57-46(51)35-33-31-29-27-25-23-21-18-16-14-12-10-8-6-4-2/h5,7,9,11-20,22,24,26,43-45,48-50H,3-4,6,8,10,21,23,25,27-42H2,1-2H3,(H,53,54)(H,55,56)/b7-5-,11-9+,14-12+,15-13+,18-16+,19-17-,22-20+,26-24+. The quantitative estimate of drug-likeness (QED) is 0.0166.